The molecule has 0 radical (unpaired) electrons. The Morgan fingerprint density at radius 1 is 1.18 bits per heavy atom. The van der Waals surface area contributed by atoms with E-state index in [4.69, 9.17) is 4.98 Å². The average Bonchev–Trinajstić information content (AvgIpc) is 3.57. The molecule has 0 aliphatic carbocycles. The summed E-state index contributed by atoms with van der Waals surface area (Å²) in [4.78, 5) is 15.0. The zero-order chi connectivity index (χ0) is 28.1. The maximum atomic E-state index is 15.4. The molecule has 1 aliphatic rings. The number of aromatic nitrogens is 5. The minimum absolute atomic E-state index is 0.308. The minimum Gasteiger partial charge on any atom is -0.340 e. The lowest BCUT2D eigenvalue weighted by molar-refractivity contribution is 0.248. The van der Waals surface area contributed by atoms with Gasteiger partial charge in [-0.3, -0.25) is 15.0 Å². The van der Waals surface area contributed by atoms with E-state index in [0.29, 0.717) is 22.6 Å². The Morgan fingerprint density at radius 2 is 2.00 bits per heavy atom. The summed E-state index contributed by atoms with van der Waals surface area (Å²) in [5.74, 6) is 0.294. The van der Waals surface area contributed by atoms with Crippen molar-refractivity contribution in [2.75, 3.05) is 19.6 Å². The predicted molar refractivity (Wildman–Crippen MR) is 162 cm³/mol. The van der Waals surface area contributed by atoms with Gasteiger partial charge in [0.2, 0.25) is 0 Å². The van der Waals surface area contributed by atoms with Crippen LogP contribution in [0.1, 0.15) is 48.7 Å². The Balaban J connectivity index is 1.53. The summed E-state index contributed by atoms with van der Waals surface area (Å²) < 4.78 is 15.4. The number of rotatable bonds is 9. The highest BCUT2D eigenvalue weighted by Crippen LogP contribution is 2.33. The summed E-state index contributed by atoms with van der Waals surface area (Å²) in [6.45, 7) is 14.8. The minimum atomic E-state index is -0.308. The smallest absolute Gasteiger partial charge is 0.159 e. The third-order valence-electron chi connectivity index (χ3n) is 7.35. The summed E-state index contributed by atoms with van der Waals surface area (Å²) >= 11 is 0. The molecule has 4 heterocycles. The molecular weight excluding hydrogens is 499 g/mol. The molecule has 6 nitrogen and oxygen atoms in total. The van der Waals surface area contributed by atoms with Gasteiger partial charge in [-0.15, -0.1) is 0 Å². The Labute approximate surface area is 234 Å². The first-order chi connectivity index (χ1) is 19.5. The van der Waals surface area contributed by atoms with Crippen molar-refractivity contribution in [2.24, 2.45) is 0 Å². The van der Waals surface area contributed by atoms with Crippen molar-refractivity contribution < 1.29 is 4.39 Å². The second kappa shape index (κ2) is 12.2. The molecule has 0 bridgehead atoms. The summed E-state index contributed by atoms with van der Waals surface area (Å²) in [6, 6.07) is 7.25. The first-order valence-electron chi connectivity index (χ1n) is 13.7. The molecule has 5 rings (SSSR count). The van der Waals surface area contributed by atoms with Gasteiger partial charge in [-0.1, -0.05) is 56.0 Å². The quantitative estimate of drug-likeness (QED) is 0.219. The molecule has 0 unspecified atom stereocenters. The zero-order valence-corrected chi connectivity index (χ0v) is 23.2. The fourth-order valence-electron chi connectivity index (χ4n) is 5.29. The number of likely N-dealkylation sites (tertiary alicyclic amines) is 1. The second-order valence-corrected chi connectivity index (χ2v) is 10.1. The molecule has 3 aromatic heterocycles. The van der Waals surface area contributed by atoms with Gasteiger partial charge >= 0.3 is 0 Å². The highest BCUT2D eigenvalue weighted by Gasteiger charge is 2.20. The van der Waals surface area contributed by atoms with E-state index in [2.05, 4.69) is 38.2 Å². The molecule has 0 spiro atoms. The first kappa shape index (κ1) is 27.2. The topological polar surface area (TPSA) is 73.5 Å². The number of aromatic amines is 2. The fraction of sp³-hybridized carbons (Fsp3) is 0.242. The number of aryl methyl sites for hydroxylation is 1. The number of nitrogens with zero attached hydrogens (tertiary/aromatic N) is 4. The maximum Gasteiger partial charge on any atom is 0.159 e. The molecule has 7 heteroatoms. The summed E-state index contributed by atoms with van der Waals surface area (Å²) in [7, 11) is 0. The number of pyridine rings is 1. The van der Waals surface area contributed by atoms with Crippen LogP contribution in [0.15, 0.2) is 85.8 Å². The van der Waals surface area contributed by atoms with Crippen LogP contribution in [0.2, 0.25) is 0 Å². The Bertz CT molecular complexity index is 1610. The normalized spacial score (nSPS) is 15.5. The van der Waals surface area contributed by atoms with Crippen molar-refractivity contribution in [3.8, 4) is 11.5 Å². The van der Waals surface area contributed by atoms with E-state index in [0.717, 1.165) is 58.7 Å². The number of fused-ring (bicyclic) bond motifs is 1. The molecule has 1 aliphatic heterocycles. The Kier molecular flexibility index (Phi) is 8.31. The van der Waals surface area contributed by atoms with E-state index in [1.165, 1.54) is 25.3 Å². The van der Waals surface area contributed by atoms with Crippen LogP contribution in [0.5, 0.6) is 0 Å². The van der Waals surface area contributed by atoms with Crippen molar-refractivity contribution >= 4 is 22.0 Å². The van der Waals surface area contributed by atoms with Crippen molar-refractivity contribution in [3.63, 3.8) is 0 Å². The van der Waals surface area contributed by atoms with E-state index in [1.807, 2.05) is 56.4 Å². The van der Waals surface area contributed by atoms with Crippen LogP contribution in [0.3, 0.4) is 0 Å². The van der Waals surface area contributed by atoms with Gasteiger partial charge in [-0.2, -0.15) is 5.10 Å². The van der Waals surface area contributed by atoms with Gasteiger partial charge in [0, 0.05) is 52.8 Å². The van der Waals surface area contributed by atoms with Gasteiger partial charge in [0.05, 0.1) is 11.2 Å². The third-order valence-corrected chi connectivity index (χ3v) is 7.35. The summed E-state index contributed by atoms with van der Waals surface area (Å²) in [6.07, 6.45) is 16.8. The standard InChI is InChI=1S/C33H35FN6/c1-5-12-26(25-13-11-14-35-20-25)31-22(4)36-33(37-31)32-28-18-27(29(34)19-30(28)38-39-32)24(7-3)17-23(6-2)21-40-15-9-8-10-16-40/h5-7,11-14,17-20H,1-2,8-10,15-16,21H2,3-4H3,(H,36,37)(H,38,39)/b23-17+,24-7+,26-12-. The molecule has 4 aromatic rings. The highest BCUT2D eigenvalue weighted by atomic mass is 19.1. The molecule has 1 saturated heterocycles. The highest BCUT2D eigenvalue weighted by molar-refractivity contribution is 5.95. The van der Waals surface area contributed by atoms with Gasteiger partial charge in [-0.25, -0.2) is 9.37 Å². The number of H-pyrrole nitrogens is 2. The number of benzene rings is 1. The van der Waals surface area contributed by atoms with E-state index < -0.39 is 0 Å². The van der Waals surface area contributed by atoms with Gasteiger partial charge < -0.3 is 4.98 Å². The van der Waals surface area contributed by atoms with E-state index in [-0.39, 0.29) is 5.82 Å². The molecule has 40 heavy (non-hydrogen) atoms. The lowest BCUT2D eigenvalue weighted by Crippen LogP contribution is -2.31. The first-order valence-corrected chi connectivity index (χ1v) is 13.7. The molecular formula is C33H35FN6. The molecule has 0 amide bonds. The molecule has 204 valence electrons. The van der Waals surface area contributed by atoms with Crippen LogP contribution in [0.25, 0.3) is 33.6 Å². The number of imidazole rings is 1. The van der Waals surface area contributed by atoms with Crippen LogP contribution in [-0.4, -0.2) is 49.7 Å². The number of piperidine rings is 1. The number of nitrogens with one attached hydrogen (secondary N) is 2. The van der Waals surface area contributed by atoms with Gasteiger partial charge in [0.1, 0.15) is 11.5 Å². The monoisotopic (exact) mass is 534 g/mol. The number of halogens is 1. The molecule has 0 atom stereocenters. The van der Waals surface area contributed by atoms with E-state index in [1.54, 1.807) is 18.5 Å². The SMILES string of the molecule is C=C/C=C(/c1cccnc1)c1nc(-c2n[nH]c3cc(F)c(C(/C=C(\C=C)CN4CCCCC4)=C/C)cc23)[nH]c1C. The Morgan fingerprint density at radius 3 is 2.70 bits per heavy atom. The van der Waals surface area contributed by atoms with Crippen molar-refractivity contribution in [2.45, 2.75) is 33.1 Å². The summed E-state index contributed by atoms with van der Waals surface area (Å²) in [5, 5.41) is 8.30. The lowest BCUT2D eigenvalue weighted by Gasteiger charge is -2.26. The van der Waals surface area contributed by atoms with Crippen molar-refractivity contribution in [1.29, 1.82) is 0 Å². The van der Waals surface area contributed by atoms with E-state index >= 15 is 4.39 Å². The van der Waals surface area contributed by atoms with Crippen LogP contribution in [0.4, 0.5) is 4.39 Å². The zero-order valence-electron chi connectivity index (χ0n) is 23.2. The van der Waals surface area contributed by atoms with Gasteiger partial charge in [-0.05, 0) is 63.1 Å². The number of hydrogen-bond donors (Lipinski definition) is 2. The summed E-state index contributed by atoms with van der Waals surface area (Å²) in [5.41, 5.74) is 7.15. The van der Waals surface area contributed by atoms with E-state index in [9.17, 15) is 0 Å². The van der Waals surface area contributed by atoms with Crippen molar-refractivity contribution in [1.82, 2.24) is 30.0 Å². The fourth-order valence-corrected chi connectivity index (χ4v) is 5.29. The van der Waals surface area contributed by atoms with Crippen molar-refractivity contribution in [3.05, 3.63) is 114 Å². The van der Waals surface area contributed by atoms with Crippen LogP contribution < -0.4 is 0 Å². The third kappa shape index (κ3) is 5.65. The van der Waals surface area contributed by atoms with Crippen LogP contribution >= 0.6 is 0 Å². The molecule has 0 saturated carbocycles. The maximum absolute atomic E-state index is 15.4. The molecule has 1 fully saturated rings. The second-order valence-electron chi connectivity index (χ2n) is 10.1. The predicted octanol–water partition coefficient (Wildman–Crippen LogP) is 7.41. The van der Waals surface area contributed by atoms with Crippen LogP contribution in [0, 0.1) is 12.7 Å². The Hall–Kier alpha value is -4.36. The van der Waals surface area contributed by atoms with Gasteiger partial charge in [0.25, 0.3) is 0 Å². The average molecular weight is 535 g/mol. The molecule has 2 N–H and O–H groups in total. The number of hydrogen-bond acceptors (Lipinski definition) is 4. The van der Waals surface area contributed by atoms with Crippen LogP contribution in [-0.2, 0) is 0 Å². The van der Waals surface area contributed by atoms with Gasteiger partial charge in [0.15, 0.2) is 5.82 Å². The number of allylic oxidation sites excluding steroid dienone is 5. The largest absolute Gasteiger partial charge is 0.340 e. The molecule has 1 aromatic carbocycles. The lowest BCUT2D eigenvalue weighted by atomic mass is 9.99.